The second-order valence-corrected chi connectivity index (χ2v) is 5.45. The number of hydrogen-bond acceptors (Lipinski definition) is 4. The fourth-order valence-corrected chi connectivity index (χ4v) is 2.57. The van der Waals surface area contributed by atoms with E-state index in [1.165, 1.54) is 25.7 Å². The number of pyridine rings is 1. The minimum atomic E-state index is 0.517. The number of nitrogens with zero attached hydrogens (tertiary/aromatic N) is 1. The summed E-state index contributed by atoms with van der Waals surface area (Å²) >= 11 is 0. The molecule has 4 nitrogen and oxygen atoms in total. The summed E-state index contributed by atoms with van der Waals surface area (Å²) in [5, 5.41) is 3.53. The van der Waals surface area contributed by atoms with Gasteiger partial charge in [0, 0.05) is 6.04 Å². The van der Waals surface area contributed by atoms with Gasteiger partial charge in [0.15, 0.2) is 0 Å². The second kappa shape index (κ2) is 6.64. The van der Waals surface area contributed by atoms with Crippen molar-refractivity contribution in [2.24, 2.45) is 5.92 Å². The molecule has 106 valence electrons. The van der Waals surface area contributed by atoms with Crippen molar-refractivity contribution >= 4 is 11.5 Å². The molecule has 0 aromatic carbocycles. The normalized spacial score (nSPS) is 23.1. The number of aromatic nitrogens is 1. The summed E-state index contributed by atoms with van der Waals surface area (Å²) in [7, 11) is 0. The maximum Gasteiger partial charge on any atom is 0.239 e. The Hall–Kier alpha value is -1.45. The highest BCUT2D eigenvalue weighted by Gasteiger charge is 2.21. The predicted molar refractivity (Wildman–Crippen MR) is 79.5 cm³/mol. The monoisotopic (exact) mass is 263 g/mol. The highest BCUT2D eigenvalue weighted by atomic mass is 16.5. The van der Waals surface area contributed by atoms with Gasteiger partial charge in [-0.15, -0.1) is 0 Å². The Morgan fingerprint density at radius 2 is 2.16 bits per heavy atom. The summed E-state index contributed by atoms with van der Waals surface area (Å²) in [5.41, 5.74) is 6.48. The zero-order valence-electron chi connectivity index (χ0n) is 12.0. The Balaban J connectivity index is 2.03. The molecule has 2 atom stereocenters. The molecular formula is C15H25N3O. The van der Waals surface area contributed by atoms with Crippen LogP contribution in [0.2, 0.25) is 0 Å². The molecule has 0 radical (unpaired) electrons. The molecule has 19 heavy (non-hydrogen) atoms. The van der Waals surface area contributed by atoms with Crippen LogP contribution in [0.5, 0.6) is 5.88 Å². The Morgan fingerprint density at radius 1 is 1.37 bits per heavy atom. The molecule has 1 fully saturated rings. The van der Waals surface area contributed by atoms with Gasteiger partial charge in [-0.25, -0.2) is 0 Å². The standard InChI is InChI=1S/C15H25N3O/c1-3-10-19-15-12(16)8-9-14(18-15)17-13-7-5-4-6-11(13)2/h8-9,11,13H,3-7,10,16H2,1-2H3,(H,17,18). The van der Waals surface area contributed by atoms with Gasteiger partial charge in [-0.1, -0.05) is 26.7 Å². The van der Waals surface area contributed by atoms with Crippen LogP contribution in [-0.2, 0) is 0 Å². The molecule has 0 amide bonds. The van der Waals surface area contributed by atoms with E-state index in [0.29, 0.717) is 30.1 Å². The molecule has 1 saturated carbocycles. The van der Waals surface area contributed by atoms with Crippen LogP contribution in [0, 0.1) is 5.92 Å². The number of hydrogen-bond donors (Lipinski definition) is 2. The molecule has 2 rings (SSSR count). The first-order valence-electron chi connectivity index (χ1n) is 7.36. The van der Waals surface area contributed by atoms with Gasteiger partial charge in [0.05, 0.1) is 12.3 Å². The van der Waals surface area contributed by atoms with Crippen molar-refractivity contribution in [3.05, 3.63) is 12.1 Å². The molecule has 1 aromatic heterocycles. The quantitative estimate of drug-likeness (QED) is 0.854. The lowest BCUT2D eigenvalue weighted by Crippen LogP contribution is -2.30. The van der Waals surface area contributed by atoms with Crippen LogP contribution in [0.15, 0.2) is 12.1 Å². The third-order valence-electron chi connectivity index (χ3n) is 3.78. The van der Waals surface area contributed by atoms with E-state index < -0.39 is 0 Å². The fourth-order valence-electron chi connectivity index (χ4n) is 2.57. The van der Waals surface area contributed by atoms with Crippen LogP contribution in [-0.4, -0.2) is 17.6 Å². The van der Waals surface area contributed by atoms with Gasteiger partial charge in [-0.05, 0) is 37.3 Å². The minimum Gasteiger partial charge on any atom is -0.476 e. The SMILES string of the molecule is CCCOc1nc(NC2CCCCC2C)ccc1N. The van der Waals surface area contributed by atoms with E-state index in [1.807, 2.05) is 12.1 Å². The lowest BCUT2D eigenvalue weighted by molar-refractivity contribution is 0.307. The molecule has 1 aliphatic carbocycles. The topological polar surface area (TPSA) is 60.2 Å². The van der Waals surface area contributed by atoms with Crippen LogP contribution in [0.25, 0.3) is 0 Å². The summed E-state index contributed by atoms with van der Waals surface area (Å²) in [6.45, 7) is 5.03. The Labute approximate surface area is 115 Å². The minimum absolute atomic E-state index is 0.517. The first-order valence-corrected chi connectivity index (χ1v) is 7.36. The molecule has 1 heterocycles. The van der Waals surface area contributed by atoms with E-state index in [4.69, 9.17) is 10.5 Å². The van der Waals surface area contributed by atoms with Gasteiger partial charge in [0.25, 0.3) is 0 Å². The highest BCUT2D eigenvalue weighted by molar-refractivity contribution is 5.53. The van der Waals surface area contributed by atoms with Crippen LogP contribution in [0.4, 0.5) is 11.5 Å². The molecule has 1 aromatic rings. The van der Waals surface area contributed by atoms with Gasteiger partial charge in [-0.2, -0.15) is 4.98 Å². The van der Waals surface area contributed by atoms with Crippen molar-refractivity contribution < 1.29 is 4.74 Å². The Bertz CT molecular complexity index is 408. The zero-order chi connectivity index (χ0) is 13.7. The van der Waals surface area contributed by atoms with Crippen molar-refractivity contribution in [2.45, 2.75) is 52.0 Å². The molecule has 0 bridgehead atoms. The van der Waals surface area contributed by atoms with Crippen molar-refractivity contribution in [3.63, 3.8) is 0 Å². The lowest BCUT2D eigenvalue weighted by atomic mass is 9.86. The smallest absolute Gasteiger partial charge is 0.239 e. The number of nitrogens with one attached hydrogen (secondary N) is 1. The number of anilines is 2. The van der Waals surface area contributed by atoms with E-state index in [2.05, 4.69) is 24.1 Å². The average Bonchev–Trinajstić information content (AvgIpc) is 2.42. The maximum absolute atomic E-state index is 5.88. The summed E-state index contributed by atoms with van der Waals surface area (Å²) < 4.78 is 5.57. The molecule has 0 saturated heterocycles. The third kappa shape index (κ3) is 3.75. The zero-order valence-corrected chi connectivity index (χ0v) is 12.0. The predicted octanol–water partition coefficient (Wildman–Crippen LogP) is 3.44. The van der Waals surface area contributed by atoms with Crippen molar-refractivity contribution in [3.8, 4) is 5.88 Å². The van der Waals surface area contributed by atoms with Gasteiger partial charge < -0.3 is 15.8 Å². The number of nitrogen functional groups attached to an aromatic ring is 1. The summed E-state index contributed by atoms with van der Waals surface area (Å²) in [6, 6.07) is 4.33. The fraction of sp³-hybridized carbons (Fsp3) is 0.667. The number of rotatable bonds is 5. The van der Waals surface area contributed by atoms with Crippen molar-refractivity contribution in [1.82, 2.24) is 4.98 Å². The summed E-state index contributed by atoms with van der Waals surface area (Å²) in [6.07, 6.45) is 6.12. The average molecular weight is 263 g/mol. The third-order valence-corrected chi connectivity index (χ3v) is 3.78. The molecule has 4 heteroatoms. The van der Waals surface area contributed by atoms with Gasteiger partial charge in [0.1, 0.15) is 5.82 Å². The molecular weight excluding hydrogens is 238 g/mol. The molecule has 2 unspecified atom stereocenters. The first kappa shape index (κ1) is 14.0. The lowest BCUT2D eigenvalue weighted by Gasteiger charge is -2.30. The van der Waals surface area contributed by atoms with Crippen molar-refractivity contribution in [1.29, 1.82) is 0 Å². The van der Waals surface area contributed by atoms with Crippen LogP contribution in [0.3, 0.4) is 0 Å². The van der Waals surface area contributed by atoms with Crippen LogP contribution >= 0.6 is 0 Å². The summed E-state index contributed by atoms with van der Waals surface area (Å²) in [4.78, 5) is 4.48. The van der Waals surface area contributed by atoms with E-state index >= 15 is 0 Å². The number of nitrogens with two attached hydrogens (primary N) is 1. The molecule has 3 N–H and O–H groups in total. The maximum atomic E-state index is 5.88. The number of ether oxygens (including phenoxy) is 1. The Morgan fingerprint density at radius 3 is 2.89 bits per heavy atom. The Kier molecular flexibility index (Phi) is 4.88. The largest absolute Gasteiger partial charge is 0.476 e. The molecule has 0 aliphatic heterocycles. The van der Waals surface area contributed by atoms with E-state index in [9.17, 15) is 0 Å². The summed E-state index contributed by atoms with van der Waals surface area (Å²) in [5.74, 6) is 2.13. The van der Waals surface area contributed by atoms with Gasteiger partial charge in [-0.3, -0.25) is 0 Å². The van der Waals surface area contributed by atoms with E-state index in [0.717, 1.165) is 12.2 Å². The first-order chi connectivity index (χ1) is 9.20. The van der Waals surface area contributed by atoms with Crippen LogP contribution < -0.4 is 15.8 Å². The van der Waals surface area contributed by atoms with Gasteiger partial charge in [0.2, 0.25) is 5.88 Å². The van der Waals surface area contributed by atoms with Crippen LogP contribution in [0.1, 0.15) is 46.0 Å². The van der Waals surface area contributed by atoms with Crippen molar-refractivity contribution in [2.75, 3.05) is 17.7 Å². The van der Waals surface area contributed by atoms with E-state index in [-0.39, 0.29) is 0 Å². The molecule has 1 aliphatic rings. The molecule has 0 spiro atoms. The van der Waals surface area contributed by atoms with Gasteiger partial charge >= 0.3 is 0 Å². The second-order valence-electron chi connectivity index (χ2n) is 5.45. The highest BCUT2D eigenvalue weighted by Crippen LogP contribution is 2.28. The van der Waals surface area contributed by atoms with E-state index in [1.54, 1.807) is 0 Å².